The van der Waals surface area contributed by atoms with Gasteiger partial charge in [0.1, 0.15) is 12.3 Å². The molecule has 0 spiro atoms. The lowest BCUT2D eigenvalue weighted by molar-refractivity contribution is -0.384. The Morgan fingerprint density at radius 1 is 1.27 bits per heavy atom. The lowest BCUT2D eigenvalue weighted by Crippen LogP contribution is -2.50. The molecule has 8 nitrogen and oxygen atoms in total. The van der Waals surface area contributed by atoms with E-state index in [4.69, 9.17) is 4.74 Å². The van der Waals surface area contributed by atoms with E-state index in [-0.39, 0.29) is 29.7 Å². The highest BCUT2D eigenvalue weighted by Gasteiger charge is 2.36. The van der Waals surface area contributed by atoms with Crippen LogP contribution in [0.3, 0.4) is 0 Å². The van der Waals surface area contributed by atoms with Gasteiger partial charge in [-0.3, -0.25) is 24.6 Å². The van der Waals surface area contributed by atoms with Crippen LogP contribution in [0.15, 0.2) is 18.2 Å². The highest BCUT2D eigenvalue weighted by Crippen LogP contribution is 2.37. The number of benzene rings is 1. The molecule has 1 aromatic rings. The van der Waals surface area contributed by atoms with E-state index in [1.165, 1.54) is 23.1 Å². The van der Waals surface area contributed by atoms with Gasteiger partial charge in [-0.25, -0.2) is 0 Å². The van der Waals surface area contributed by atoms with E-state index in [9.17, 15) is 19.7 Å². The third kappa shape index (κ3) is 3.63. The minimum Gasteiger partial charge on any atom is -0.478 e. The Kier molecular flexibility index (Phi) is 5.39. The number of ether oxygens (including phenoxy) is 1. The summed E-state index contributed by atoms with van der Waals surface area (Å²) in [6, 6.07) is 4.14. The van der Waals surface area contributed by atoms with Crippen molar-refractivity contribution in [2.45, 2.75) is 45.1 Å². The predicted octanol–water partition coefficient (Wildman–Crippen LogP) is 2.50. The second-order valence-electron chi connectivity index (χ2n) is 6.64. The summed E-state index contributed by atoms with van der Waals surface area (Å²) < 4.78 is 5.67. The maximum absolute atomic E-state index is 12.7. The van der Waals surface area contributed by atoms with Gasteiger partial charge in [0, 0.05) is 25.2 Å². The molecule has 1 aromatic carbocycles. The number of amides is 2. The molecule has 2 aliphatic rings. The third-order valence-corrected chi connectivity index (χ3v) is 4.88. The monoisotopic (exact) mass is 361 g/mol. The number of nitrogens with zero attached hydrogens (tertiary/aromatic N) is 3. The third-order valence-electron chi connectivity index (χ3n) is 4.88. The molecular weight excluding hydrogens is 338 g/mol. The maximum atomic E-state index is 12.7. The first-order valence-electron chi connectivity index (χ1n) is 9.05. The van der Waals surface area contributed by atoms with E-state index in [0.717, 1.165) is 25.7 Å². The van der Waals surface area contributed by atoms with Gasteiger partial charge >= 0.3 is 0 Å². The molecule has 140 valence electrons. The van der Waals surface area contributed by atoms with E-state index in [1.54, 1.807) is 4.90 Å². The fourth-order valence-electron chi connectivity index (χ4n) is 3.40. The van der Waals surface area contributed by atoms with E-state index >= 15 is 0 Å². The van der Waals surface area contributed by atoms with Crippen molar-refractivity contribution < 1.29 is 19.2 Å². The first-order chi connectivity index (χ1) is 12.5. The Morgan fingerprint density at radius 2 is 1.96 bits per heavy atom. The molecule has 26 heavy (non-hydrogen) atoms. The molecule has 2 aliphatic heterocycles. The Morgan fingerprint density at radius 3 is 2.58 bits per heavy atom. The number of carbonyl (C=O) groups is 2. The lowest BCUT2D eigenvalue weighted by Gasteiger charge is -2.34. The summed E-state index contributed by atoms with van der Waals surface area (Å²) >= 11 is 0. The number of fused-ring (bicyclic) bond motifs is 1. The minimum atomic E-state index is -0.680. The summed E-state index contributed by atoms with van der Waals surface area (Å²) in [5.41, 5.74) is 0.152. The van der Waals surface area contributed by atoms with Gasteiger partial charge in [0.25, 0.3) is 11.6 Å². The van der Waals surface area contributed by atoms with Crippen molar-refractivity contribution in [2.24, 2.45) is 0 Å². The van der Waals surface area contributed by atoms with Crippen LogP contribution < -0.4 is 9.64 Å². The van der Waals surface area contributed by atoms with E-state index < -0.39 is 11.0 Å². The maximum Gasteiger partial charge on any atom is 0.271 e. The summed E-state index contributed by atoms with van der Waals surface area (Å²) in [5.74, 6) is -0.0659. The second-order valence-corrected chi connectivity index (χ2v) is 6.64. The molecule has 1 atom stereocenters. The Hall–Kier alpha value is -2.64. The van der Waals surface area contributed by atoms with Crippen LogP contribution in [0, 0.1) is 10.1 Å². The van der Waals surface area contributed by atoms with Gasteiger partial charge in [-0.15, -0.1) is 0 Å². The van der Waals surface area contributed by atoms with Crippen LogP contribution in [0.4, 0.5) is 11.4 Å². The molecule has 0 aliphatic carbocycles. The Bertz CT molecular complexity index is 713. The number of hydrogen-bond donors (Lipinski definition) is 0. The number of hydrogen-bond acceptors (Lipinski definition) is 5. The second kappa shape index (κ2) is 7.72. The minimum absolute atomic E-state index is 0.118. The van der Waals surface area contributed by atoms with Gasteiger partial charge in [0.2, 0.25) is 5.91 Å². The molecule has 1 saturated heterocycles. The van der Waals surface area contributed by atoms with Crippen molar-refractivity contribution in [3.05, 3.63) is 28.3 Å². The molecule has 2 heterocycles. The predicted molar refractivity (Wildman–Crippen MR) is 95.2 cm³/mol. The Labute approximate surface area is 151 Å². The molecule has 0 aromatic heterocycles. The van der Waals surface area contributed by atoms with Crippen LogP contribution in [0.1, 0.15) is 39.0 Å². The van der Waals surface area contributed by atoms with E-state index in [0.29, 0.717) is 25.3 Å². The van der Waals surface area contributed by atoms with Crippen molar-refractivity contribution in [3.8, 4) is 5.75 Å². The molecule has 0 N–H and O–H groups in total. The van der Waals surface area contributed by atoms with Crippen molar-refractivity contribution in [2.75, 3.05) is 24.5 Å². The first kappa shape index (κ1) is 18.2. The number of carbonyl (C=O) groups excluding carboxylic acids is 2. The number of likely N-dealkylation sites (tertiary alicyclic amines) is 1. The quantitative estimate of drug-likeness (QED) is 0.607. The Balaban J connectivity index is 1.88. The number of rotatable bonds is 4. The summed E-state index contributed by atoms with van der Waals surface area (Å²) in [5, 5.41) is 11.1. The standard InChI is InChI=1S/C18H23N3O5/c1-2-15-18(23)20(12-17(22)19-9-5-3-4-6-10-19)14-11-13(21(24)25)7-8-16(14)26-15/h7-8,11,15H,2-6,9-10,12H2,1H3. The number of nitro groups is 1. The summed E-state index contributed by atoms with van der Waals surface area (Å²) in [6.07, 6.45) is 3.91. The smallest absolute Gasteiger partial charge is 0.271 e. The fourth-order valence-corrected chi connectivity index (χ4v) is 3.40. The normalized spacial score (nSPS) is 20.2. The van der Waals surface area contributed by atoms with Crippen LogP contribution in [-0.4, -0.2) is 47.4 Å². The average molecular weight is 361 g/mol. The molecular formula is C18H23N3O5. The van der Waals surface area contributed by atoms with Gasteiger partial charge in [0.05, 0.1) is 10.6 Å². The first-order valence-corrected chi connectivity index (χ1v) is 9.05. The van der Waals surface area contributed by atoms with Crippen molar-refractivity contribution in [1.29, 1.82) is 0 Å². The van der Waals surface area contributed by atoms with Crippen molar-refractivity contribution in [3.63, 3.8) is 0 Å². The van der Waals surface area contributed by atoms with Crippen LogP contribution >= 0.6 is 0 Å². The van der Waals surface area contributed by atoms with Gasteiger partial charge in [-0.2, -0.15) is 0 Å². The molecule has 1 fully saturated rings. The zero-order chi connectivity index (χ0) is 18.7. The van der Waals surface area contributed by atoms with E-state index in [1.807, 2.05) is 6.92 Å². The topological polar surface area (TPSA) is 93.0 Å². The summed E-state index contributed by atoms with van der Waals surface area (Å²) in [6.45, 7) is 3.09. The van der Waals surface area contributed by atoms with Gasteiger partial charge in [-0.1, -0.05) is 19.8 Å². The van der Waals surface area contributed by atoms with Gasteiger partial charge < -0.3 is 9.64 Å². The largest absolute Gasteiger partial charge is 0.478 e. The summed E-state index contributed by atoms with van der Waals surface area (Å²) in [4.78, 5) is 39.2. The number of non-ortho nitro benzene ring substituents is 1. The number of anilines is 1. The zero-order valence-electron chi connectivity index (χ0n) is 14.8. The molecule has 0 saturated carbocycles. The fraction of sp³-hybridized carbons (Fsp3) is 0.556. The highest BCUT2D eigenvalue weighted by atomic mass is 16.6. The lowest BCUT2D eigenvalue weighted by atomic mass is 10.1. The molecule has 8 heteroatoms. The average Bonchev–Trinajstić information content (AvgIpc) is 2.92. The number of nitro benzene ring substituents is 1. The molecule has 2 amide bonds. The van der Waals surface area contributed by atoms with Crippen LogP contribution in [0.25, 0.3) is 0 Å². The summed E-state index contributed by atoms with van der Waals surface area (Å²) in [7, 11) is 0. The molecule has 1 unspecified atom stereocenters. The zero-order valence-corrected chi connectivity index (χ0v) is 14.8. The van der Waals surface area contributed by atoms with Crippen molar-refractivity contribution >= 4 is 23.2 Å². The van der Waals surface area contributed by atoms with Gasteiger partial charge in [0.15, 0.2) is 6.10 Å². The SMILES string of the molecule is CCC1Oc2ccc([N+](=O)[O-])cc2N(CC(=O)N2CCCCCC2)C1=O. The molecule has 3 rings (SSSR count). The van der Waals surface area contributed by atoms with Crippen molar-refractivity contribution in [1.82, 2.24) is 4.90 Å². The highest BCUT2D eigenvalue weighted by molar-refractivity contribution is 6.04. The van der Waals surface area contributed by atoms with Gasteiger partial charge in [-0.05, 0) is 25.3 Å². The molecule has 0 radical (unpaired) electrons. The van der Waals surface area contributed by atoms with Crippen LogP contribution in [0.5, 0.6) is 5.75 Å². The van der Waals surface area contributed by atoms with Crippen LogP contribution in [-0.2, 0) is 9.59 Å². The van der Waals surface area contributed by atoms with Crippen LogP contribution in [0.2, 0.25) is 0 Å². The van der Waals surface area contributed by atoms with E-state index in [2.05, 4.69) is 0 Å². The molecule has 0 bridgehead atoms.